The fourth-order valence-corrected chi connectivity index (χ4v) is 5.46. The maximum absolute atomic E-state index is 13.2. The number of fused-ring (bicyclic) bond motifs is 4. The zero-order valence-electron chi connectivity index (χ0n) is 20.9. The second-order valence-corrected chi connectivity index (χ2v) is 11.7. The first-order chi connectivity index (χ1) is 17.3. The van der Waals surface area contributed by atoms with E-state index < -0.39 is 10.0 Å². The summed E-state index contributed by atoms with van der Waals surface area (Å²) in [5.74, 6) is 1.38. The highest BCUT2D eigenvalue weighted by molar-refractivity contribution is 7.92. The van der Waals surface area contributed by atoms with Crippen LogP contribution in [0.1, 0.15) is 44.2 Å². The van der Waals surface area contributed by atoms with Crippen molar-refractivity contribution in [3.05, 3.63) is 65.7 Å². The van der Waals surface area contributed by atoms with Gasteiger partial charge in [0.2, 0.25) is 11.8 Å². The van der Waals surface area contributed by atoms with Crippen LogP contribution in [0.5, 0.6) is 5.88 Å². The van der Waals surface area contributed by atoms with E-state index in [-0.39, 0.29) is 16.9 Å². The number of anilines is 2. The molecule has 1 aliphatic heterocycles. The van der Waals surface area contributed by atoms with E-state index in [1.165, 1.54) is 12.8 Å². The Bertz CT molecular complexity index is 1400. The highest BCUT2D eigenvalue weighted by atomic mass is 32.2. The average molecular weight is 505 g/mol. The number of hydrogen-bond acceptors (Lipinski definition) is 6. The van der Waals surface area contributed by atoms with Crippen molar-refractivity contribution in [2.24, 2.45) is 11.8 Å². The topological polar surface area (TPSA) is 93.2 Å². The van der Waals surface area contributed by atoms with E-state index in [9.17, 15) is 8.42 Å². The molecule has 2 N–H and O–H groups in total. The van der Waals surface area contributed by atoms with Gasteiger partial charge in [-0.3, -0.25) is 0 Å². The third-order valence-corrected chi connectivity index (χ3v) is 7.69. The van der Waals surface area contributed by atoms with Gasteiger partial charge in [-0.1, -0.05) is 50.3 Å². The molecule has 2 aromatic carbocycles. The molecule has 3 aromatic rings. The van der Waals surface area contributed by atoms with Crippen LogP contribution in [0, 0.1) is 18.8 Å². The average Bonchev–Trinajstić information content (AvgIpc) is 3.65. The highest BCUT2D eigenvalue weighted by Gasteiger charge is 2.22. The molecule has 5 rings (SSSR count). The lowest BCUT2D eigenvalue weighted by Gasteiger charge is -2.23. The second-order valence-electron chi connectivity index (χ2n) is 10.1. The Morgan fingerprint density at radius 2 is 1.92 bits per heavy atom. The van der Waals surface area contributed by atoms with Crippen molar-refractivity contribution in [2.75, 3.05) is 16.6 Å². The molecule has 8 heteroatoms. The number of sulfonamides is 1. The molecule has 0 saturated heterocycles. The summed E-state index contributed by atoms with van der Waals surface area (Å²) in [5, 5.41) is 3.44. The molecule has 2 aliphatic rings. The van der Waals surface area contributed by atoms with Crippen molar-refractivity contribution in [1.29, 1.82) is 0 Å². The van der Waals surface area contributed by atoms with Crippen molar-refractivity contribution in [2.45, 2.75) is 51.0 Å². The van der Waals surface area contributed by atoms with Crippen LogP contribution in [-0.4, -0.2) is 31.0 Å². The molecule has 2 heterocycles. The van der Waals surface area contributed by atoms with Crippen LogP contribution in [0.25, 0.3) is 17.3 Å². The van der Waals surface area contributed by atoms with Gasteiger partial charge in [0.15, 0.2) is 0 Å². The van der Waals surface area contributed by atoms with Crippen molar-refractivity contribution in [3.63, 3.8) is 0 Å². The summed E-state index contributed by atoms with van der Waals surface area (Å²) in [7, 11) is -3.90. The Morgan fingerprint density at radius 3 is 2.69 bits per heavy atom. The van der Waals surface area contributed by atoms with Gasteiger partial charge in [0, 0.05) is 17.3 Å². The summed E-state index contributed by atoms with van der Waals surface area (Å²) in [6.45, 7) is 6.71. The fraction of sp³-hybridized carbons (Fsp3) is 0.357. The Balaban J connectivity index is 1.60. The predicted molar refractivity (Wildman–Crippen MR) is 144 cm³/mol. The lowest BCUT2D eigenvalue weighted by atomic mass is 9.98. The number of aromatic nitrogens is 2. The summed E-state index contributed by atoms with van der Waals surface area (Å²) in [6, 6.07) is 14.7. The van der Waals surface area contributed by atoms with E-state index in [4.69, 9.17) is 4.74 Å². The van der Waals surface area contributed by atoms with Gasteiger partial charge in [-0.2, -0.15) is 4.98 Å². The smallest absolute Gasteiger partial charge is 0.264 e. The molecule has 1 fully saturated rings. The van der Waals surface area contributed by atoms with E-state index in [0.29, 0.717) is 30.0 Å². The summed E-state index contributed by atoms with van der Waals surface area (Å²) < 4.78 is 35.2. The minimum Gasteiger partial charge on any atom is -0.475 e. The third kappa shape index (κ3) is 5.70. The van der Waals surface area contributed by atoms with Crippen LogP contribution in [0.4, 0.5) is 11.6 Å². The Hall–Kier alpha value is -3.39. The van der Waals surface area contributed by atoms with E-state index in [0.717, 1.165) is 28.8 Å². The summed E-state index contributed by atoms with van der Waals surface area (Å²) in [4.78, 5) is 9.20. The number of nitrogens with zero attached hydrogens (tertiary/aromatic N) is 2. The first kappa shape index (κ1) is 24.3. The van der Waals surface area contributed by atoms with E-state index in [2.05, 4.69) is 52.1 Å². The molecule has 1 atom stereocenters. The number of ether oxygens (including phenoxy) is 1. The highest BCUT2D eigenvalue weighted by Crippen LogP contribution is 2.34. The van der Waals surface area contributed by atoms with Crippen LogP contribution < -0.4 is 14.8 Å². The van der Waals surface area contributed by atoms with Gasteiger partial charge in [0.25, 0.3) is 10.0 Å². The third-order valence-electron chi connectivity index (χ3n) is 6.36. The van der Waals surface area contributed by atoms with Crippen LogP contribution >= 0.6 is 0 Å². The van der Waals surface area contributed by atoms with Crippen molar-refractivity contribution < 1.29 is 13.2 Å². The van der Waals surface area contributed by atoms with Gasteiger partial charge in [-0.25, -0.2) is 18.1 Å². The largest absolute Gasteiger partial charge is 0.475 e. The van der Waals surface area contributed by atoms with Crippen LogP contribution in [0.2, 0.25) is 0 Å². The first-order valence-electron chi connectivity index (χ1n) is 12.5. The monoisotopic (exact) mass is 504 g/mol. The van der Waals surface area contributed by atoms with E-state index in [1.54, 1.807) is 24.3 Å². The molecule has 1 aromatic heterocycles. The molecular weight excluding hydrogens is 472 g/mol. The molecular formula is C28H32N4O3S. The molecule has 1 aliphatic carbocycles. The van der Waals surface area contributed by atoms with Crippen LogP contribution in [-0.2, 0) is 10.0 Å². The standard InChI is InChI=1S/C28H32N4O3S/c1-18(2)14-23-17-35-26-16-25(27-19(3)6-4-7-21(27)13-12-20-10-11-20)30-28(31-26)32-36(33,34)24-9-5-8-22(15-24)29-23/h4-9,12-13,15-16,18,20,23,29H,10-11,14,17H2,1-3H3,(H,30,31,32)/b13-12+/t23-/m1/s1. The molecule has 188 valence electrons. The predicted octanol–water partition coefficient (Wildman–Crippen LogP) is 5.90. The Morgan fingerprint density at radius 1 is 1.11 bits per heavy atom. The zero-order chi connectivity index (χ0) is 25.3. The minimum atomic E-state index is -3.90. The number of allylic oxidation sites excluding steroid dienone is 1. The zero-order valence-corrected chi connectivity index (χ0v) is 21.7. The number of benzene rings is 2. The normalized spacial score (nSPS) is 19.1. The molecule has 0 amide bonds. The van der Waals surface area contributed by atoms with Gasteiger partial charge in [-0.05, 0) is 67.3 Å². The molecule has 0 spiro atoms. The molecule has 0 radical (unpaired) electrons. The lowest BCUT2D eigenvalue weighted by Crippen LogP contribution is -2.29. The van der Waals surface area contributed by atoms with Gasteiger partial charge in [0.05, 0.1) is 16.6 Å². The summed E-state index contributed by atoms with van der Waals surface area (Å²) in [5.41, 5.74) is 4.36. The van der Waals surface area contributed by atoms with Gasteiger partial charge < -0.3 is 10.1 Å². The second kappa shape index (κ2) is 9.93. The number of rotatable bonds is 5. The summed E-state index contributed by atoms with van der Waals surface area (Å²) >= 11 is 0. The van der Waals surface area contributed by atoms with Crippen LogP contribution in [0.15, 0.2) is 59.5 Å². The molecule has 4 bridgehead atoms. The van der Waals surface area contributed by atoms with Gasteiger partial charge >= 0.3 is 0 Å². The quantitative estimate of drug-likeness (QED) is 0.450. The van der Waals surface area contributed by atoms with Gasteiger partial charge in [-0.15, -0.1) is 0 Å². The maximum Gasteiger partial charge on any atom is 0.264 e. The van der Waals surface area contributed by atoms with E-state index in [1.807, 2.05) is 25.1 Å². The first-order valence-corrected chi connectivity index (χ1v) is 13.9. The molecule has 1 saturated carbocycles. The number of hydrogen-bond donors (Lipinski definition) is 2. The van der Waals surface area contributed by atoms with Crippen LogP contribution in [0.3, 0.4) is 0 Å². The summed E-state index contributed by atoms with van der Waals surface area (Å²) in [6.07, 6.45) is 7.68. The Labute approximate surface area is 213 Å². The van der Waals surface area contributed by atoms with Crippen molar-refractivity contribution in [3.8, 4) is 17.1 Å². The Kier molecular flexibility index (Phi) is 6.71. The van der Waals surface area contributed by atoms with Gasteiger partial charge in [0.1, 0.15) is 6.61 Å². The fourth-order valence-electron chi connectivity index (χ4n) is 4.47. The lowest BCUT2D eigenvalue weighted by molar-refractivity contribution is 0.271. The maximum atomic E-state index is 13.2. The SMILES string of the molecule is Cc1cccc(/C=C/C2CC2)c1-c1cc2nc(n1)NS(=O)(=O)c1cccc(c1)N[C@H](CC(C)C)CO2. The molecule has 7 nitrogen and oxygen atoms in total. The minimum absolute atomic E-state index is 0.0118. The van der Waals surface area contributed by atoms with E-state index >= 15 is 0 Å². The molecule has 0 unspecified atom stereocenters. The number of nitrogens with one attached hydrogen (secondary N) is 2. The number of aryl methyl sites for hydroxylation is 1. The molecule has 36 heavy (non-hydrogen) atoms. The van der Waals surface area contributed by atoms with Crippen molar-refractivity contribution in [1.82, 2.24) is 9.97 Å². The van der Waals surface area contributed by atoms with Crippen molar-refractivity contribution >= 4 is 27.7 Å².